The van der Waals surface area contributed by atoms with E-state index in [0.29, 0.717) is 22.2 Å². The van der Waals surface area contributed by atoms with Crippen LogP contribution in [0.3, 0.4) is 0 Å². The van der Waals surface area contributed by atoms with Crippen molar-refractivity contribution in [1.29, 1.82) is 0 Å². The van der Waals surface area contributed by atoms with Crippen molar-refractivity contribution in [2.75, 3.05) is 10.7 Å². The molecule has 0 saturated carbocycles. The zero-order valence-electron chi connectivity index (χ0n) is 17.9. The molecule has 4 rings (SSSR count). The summed E-state index contributed by atoms with van der Waals surface area (Å²) in [6.07, 6.45) is 0.370. The molecule has 1 heterocycles. The highest BCUT2D eigenvalue weighted by atomic mass is 35.5. The Labute approximate surface area is 202 Å². The van der Waals surface area contributed by atoms with Gasteiger partial charge in [-0.15, -0.1) is 0 Å². The van der Waals surface area contributed by atoms with Crippen LogP contribution in [0.5, 0.6) is 0 Å². The summed E-state index contributed by atoms with van der Waals surface area (Å²) in [5, 5.41) is 1.09. The predicted molar refractivity (Wildman–Crippen MR) is 135 cm³/mol. The van der Waals surface area contributed by atoms with Gasteiger partial charge in [-0.1, -0.05) is 89.7 Å². The number of carbonyl (C=O) groups is 1. The molecule has 0 bridgehead atoms. The Kier molecular flexibility index (Phi) is 7.42. The van der Waals surface area contributed by atoms with Crippen molar-refractivity contribution in [3.63, 3.8) is 0 Å². The summed E-state index contributed by atoms with van der Waals surface area (Å²) in [4.78, 5) is 19.5. The summed E-state index contributed by atoms with van der Waals surface area (Å²) in [7, 11) is -3.31. The number of hydrogen-bond acceptors (Lipinski definition) is 5. The Bertz CT molecular complexity index is 1340. The molecule has 1 aromatic heterocycles. The number of thiazole rings is 1. The van der Waals surface area contributed by atoms with E-state index in [9.17, 15) is 13.2 Å². The Morgan fingerprint density at radius 3 is 2.24 bits per heavy atom. The number of halogens is 1. The minimum Gasteiger partial charge on any atom is -0.284 e. The van der Waals surface area contributed by atoms with Gasteiger partial charge in [0.15, 0.2) is 15.0 Å². The molecule has 170 valence electrons. The van der Waals surface area contributed by atoms with Gasteiger partial charge in [0.25, 0.3) is 0 Å². The minimum absolute atomic E-state index is 0.0217. The number of carbonyl (C=O) groups excluding carboxylic acids is 1. The number of nitrogens with zero attached hydrogens (tertiary/aromatic N) is 2. The zero-order chi connectivity index (χ0) is 23.3. The van der Waals surface area contributed by atoms with Crippen molar-refractivity contribution in [2.24, 2.45) is 0 Å². The molecule has 1 amide bonds. The van der Waals surface area contributed by atoms with E-state index in [4.69, 9.17) is 11.6 Å². The molecule has 4 aromatic rings. The highest BCUT2D eigenvalue weighted by Crippen LogP contribution is 2.33. The molecular formula is C25H23ClN2O3S2. The fourth-order valence-electron chi connectivity index (χ4n) is 3.53. The first kappa shape index (κ1) is 23.4. The van der Waals surface area contributed by atoms with E-state index in [1.165, 1.54) is 11.3 Å². The van der Waals surface area contributed by atoms with Crippen molar-refractivity contribution < 1.29 is 13.2 Å². The van der Waals surface area contributed by atoms with E-state index in [2.05, 4.69) is 4.98 Å². The number of rotatable bonds is 9. The van der Waals surface area contributed by atoms with E-state index in [1.807, 2.05) is 60.7 Å². The van der Waals surface area contributed by atoms with Crippen molar-refractivity contribution in [1.82, 2.24) is 4.98 Å². The third-order valence-corrected chi connectivity index (χ3v) is 8.18. The summed E-state index contributed by atoms with van der Waals surface area (Å²) in [5.41, 5.74) is 2.38. The Morgan fingerprint density at radius 2 is 1.58 bits per heavy atom. The fourth-order valence-corrected chi connectivity index (χ4v) is 6.24. The second-order valence-corrected chi connectivity index (χ2v) is 11.3. The highest BCUT2D eigenvalue weighted by Gasteiger charge is 2.22. The molecule has 0 radical (unpaired) electrons. The van der Waals surface area contributed by atoms with E-state index in [-0.39, 0.29) is 30.3 Å². The average molecular weight is 499 g/mol. The average Bonchev–Trinajstić information content (AvgIpc) is 3.24. The summed E-state index contributed by atoms with van der Waals surface area (Å²) < 4.78 is 25.9. The normalized spacial score (nSPS) is 11.5. The first-order valence-electron chi connectivity index (χ1n) is 10.5. The molecule has 5 nitrogen and oxygen atoms in total. The smallest absolute Gasteiger partial charge is 0.229 e. The Morgan fingerprint density at radius 1 is 0.909 bits per heavy atom. The van der Waals surface area contributed by atoms with Crippen molar-refractivity contribution in [3.05, 3.63) is 95.0 Å². The number of para-hydroxylation sites is 1. The van der Waals surface area contributed by atoms with Crippen molar-refractivity contribution >= 4 is 54.0 Å². The largest absolute Gasteiger partial charge is 0.284 e. The van der Waals surface area contributed by atoms with Gasteiger partial charge >= 0.3 is 0 Å². The van der Waals surface area contributed by atoms with Gasteiger partial charge in [-0.2, -0.15) is 0 Å². The lowest BCUT2D eigenvalue weighted by Gasteiger charge is -2.20. The molecule has 0 unspecified atom stereocenters. The molecule has 0 spiro atoms. The summed E-state index contributed by atoms with van der Waals surface area (Å²) in [5.74, 6) is -0.228. The van der Waals surface area contributed by atoms with Crippen molar-refractivity contribution in [3.8, 4) is 0 Å². The third-order valence-electron chi connectivity index (χ3n) is 5.15. The fraction of sp³-hybridized carbons (Fsp3) is 0.200. The highest BCUT2D eigenvalue weighted by molar-refractivity contribution is 7.90. The minimum atomic E-state index is -3.31. The lowest BCUT2D eigenvalue weighted by Crippen LogP contribution is -2.30. The van der Waals surface area contributed by atoms with Gasteiger partial charge in [-0.3, -0.25) is 9.69 Å². The molecular weight excluding hydrogens is 476 g/mol. The number of benzene rings is 3. The van der Waals surface area contributed by atoms with Gasteiger partial charge in [0.05, 0.1) is 27.8 Å². The van der Waals surface area contributed by atoms with Crippen LogP contribution in [0.25, 0.3) is 10.2 Å². The molecule has 0 saturated heterocycles. The molecule has 3 aromatic carbocycles. The van der Waals surface area contributed by atoms with Crippen LogP contribution in [-0.4, -0.2) is 25.1 Å². The standard InChI is InChI=1S/C25H23ClN2O3S2/c26-21-13-7-14-22-24(21)27-25(32-22)28(17-19-9-3-1-4-10-19)23(29)15-8-16-33(30,31)18-20-11-5-2-6-12-20/h1-7,9-14H,8,15-18H2. The van der Waals surface area contributed by atoms with Gasteiger partial charge in [-0.25, -0.2) is 13.4 Å². The number of sulfone groups is 1. The van der Waals surface area contributed by atoms with Crippen LogP contribution in [0.15, 0.2) is 78.9 Å². The van der Waals surface area contributed by atoms with Gasteiger partial charge in [-0.05, 0) is 29.7 Å². The molecule has 8 heteroatoms. The van der Waals surface area contributed by atoms with Crippen molar-refractivity contribution in [2.45, 2.75) is 25.1 Å². The van der Waals surface area contributed by atoms with Crippen LogP contribution in [0.2, 0.25) is 5.02 Å². The van der Waals surface area contributed by atoms with Crippen LogP contribution < -0.4 is 4.90 Å². The van der Waals surface area contributed by atoms with E-state index >= 15 is 0 Å². The maximum Gasteiger partial charge on any atom is 0.229 e. The molecule has 33 heavy (non-hydrogen) atoms. The van der Waals surface area contributed by atoms with Crippen LogP contribution in [0.4, 0.5) is 5.13 Å². The van der Waals surface area contributed by atoms with Gasteiger partial charge in [0, 0.05) is 6.42 Å². The number of amides is 1. The Balaban J connectivity index is 1.49. The maximum atomic E-state index is 13.2. The molecule has 0 aliphatic heterocycles. The number of aromatic nitrogens is 1. The van der Waals surface area contributed by atoms with Gasteiger partial charge in [0.2, 0.25) is 5.91 Å². The lowest BCUT2D eigenvalue weighted by molar-refractivity contribution is -0.118. The van der Waals surface area contributed by atoms with Gasteiger partial charge in [0.1, 0.15) is 5.52 Å². The first-order chi connectivity index (χ1) is 15.9. The maximum absolute atomic E-state index is 13.2. The van der Waals surface area contributed by atoms with Crippen LogP contribution >= 0.6 is 22.9 Å². The van der Waals surface area contributed by atoms with E-state index in [1.54, 1.807) is 23.1 Å². The summed E-state index contributed by atoms with van der Waals surface area (Å²) in [6, 6.07) is 24.3. The molecule has 0 aliphatic carbocycles. The first-order valence-corrected chi connectivity index (χ1v) is 13.6. The number of fused-ring (bicyclic) bond motifs is 1. The van der Waals surface area contributed by atoms with Crippen LogP contribution in [0.1, 0.15) is 24.0 Å². The summed E-state index contributed by atoms with van der Waals surface area (Å²) >= 11 is 7.69. The molecule has 0 atom stereocenters. The monoisotopic (exact) mass is 498 g/mol. The van der Waals surface area contributed by atoms with E-state index in [0.717, 1.165) is 15.8 Å². The third kappa shape index (κ3) is 6.19. The number of anilines is 1. The topological polar surface area (TPSA) is 67.3 Å². The van der Waals surface area contributed by atoms with Crippen LogP contribution in [-0.2, 0) is 26.9 Å². The molecule has 0 N–H and O–H groups in total. The quantitative estimate of drug-likeness (QED) is 0.289. The lowest BCUT2D eigenvalue weighted by atomic mass is 10.2. The van der Waals surface area contributed by atoms with Crippen LogP contribution in [0, 0.1) is 0 Å². The van der Waals surface area contributed by atoms with E-state index < -0.39 is 9.84 Å². The summed E-state index contributed by atoms with van der Waals surface area (Å²) in [6.45, 7) is 0.355. The molecule has 0 aliphatic rings. The molecule has 0 fully saturated rings. The number of hydrogen-bond donors (Lipinski definition) is 0. The SMILES string of the molecule is O=C(CCCS(=O)(=O)Cc1ccccc1)N(Cc1ccccc1)c1nc2c(Cl)cccc2s1. The Hall–Kier alpha value is -2.74. The second kappa shape index (κ2) is 10.5. The second-order valence-electron chi connectivity index (χ2n) is 7.73. The zero-order valence-corrected chi connectivity index (χ0v) is 20.2. The van der Waals surface area contributed by atoms with Gasteiger partial charge < -0.3 is 0 Å². The predicted octanol–water partition coefficient (Wildman–Crippen LogP) is 5.88.